The average Bonchev–Trinajstić information content (AvgIpc) is 2.39. The summed E-state index contributed by atoms with van der Waals surface area (Å²) in [6, 6.07) is 14.1. The molecule has 1 unspecified atom stereocenters. The summed E-state index contributed by atoms with van der Waals surface area (Å²) in [5.74, 6) is 0.684. The van der Waals surface area contributed by atoms with Crippen LogP contribution in [0.15, 0.2) is 42.5 Å². The van der Waals surface area contributed by atoms with Crippen LogP contribution >= 0.6 is 11.6 Å². The van der Waals surface area contributed by atoms with Gasteiger partial charge in [0.2, 0.25) is 0 Å². The zero-order valence-electron chi connectivity index (χ0n) is 11.6. The third-order valence-electron chi connectivity index (χ3n) is 4.31. The molecule has 1 aliphatic rings. The van der Waals surface area contributed by atoms with Gasteiger partial charge < -0.3 is 5.11 Å². The molecule has 1 saturated carbocycles. The van der Waals surface area contributed by atoms with E-state index in [9.17, 15) is 5.11 Å². The lowest BCUT2D eigenvalue weighted by Crippen LogP contribution is -2.09. The molecule has 0 amide bonds. The molecule has 20 heavy (non-hydrogen) atoms. The standard InChI is InChI=1S/C18H19ClO/c1-12-8-9-16(11-17(12)19)18(20)15-7-3-6-14(10-15)13-4-2-5-13/h3,6-11,13,18,20H,2,4-5H2,1H3. The highest BCUT2D eigenvalue weighted by molar-refractivity contribution is 6.31. The minimum absolute atomic E-state index is 0.604. The summed E-state index contributed by atoms with van der Waals surface area (Å²) in [6.07, 6.45) is 3.27. The molecule has 0 spiro atoms. The normalized spacial score (nSPS) is 16.8. The van der Waals surface area contributed by atoms with E-state index in [1.165, 1.54) is 24.8 Å². The van der Waals surface area contributed by atoms with E-state index < -0.39 is 6.10 Å². The largest absolute Gasteiger partial charge is 0.384 e. The smallest absolute Gasteiger partial charge is 0.104 e. The number of aliphatic hydroxyl groups is 1. The maximum Gasteiger partial charge on any atom is 0.104 e. The molecule has 3 rings (SSSR count). The van der Waals surface area contributed by atoms with Gasteiger partial charge in [-0.25, -0.2) is 0 Å². The van der Waals surface area contributed by atoms with Gasteiger partial charge in [-0.05, 0) is 54.0 Å². The van der Waals surface area contributed by atoms with Gasteiger partial charge in [-0.2, -0.15) is 0 Å². The Morgan fingerprint density at radius 1 is 1.10 bits per heavy atom. The minimum Gasteiger partial charge on any atom is -0.384 e. The van der Waals surface area contributed by atoms with Gasteiger partial charge in [-0.1, -0.05) is 54.4 Å². The molecule has 1 fully saturated rings. The van der Waals surface area contributed by atoms with Crippen LogP contribution in [0, 0.1) is 6.92 Å². The fourth-order valence-corrected chi connectivity index (χ4v) is 2.89. The molecule has 2 aromatic rings. The molecule has 0 aromatic heterocycles. The van der Waals surface area contributed by atoms with E-state index >= 15 is 0 Å². The summed E-state index contributed by atoms with van der Waals surface area (Å²) in [6.45, 7) is 1.97. The highest BCUT2D eigenvalue weighted by Gasteiger charge is 2.20. The van der Waals surface area contributed by atoms with Gasteiger partial charge in [0.1, 0.15) is 6.10 Å². The van der Waals surface area contributed by atoms with Crippen molar-refractivity contribution in [3.05, 3.63) is 69.7 Å². The van der Waals surface area contributed by atoms with E-state index in [2.05, 4.69) is 12.1 Å². The van der Waals surface area contributed by atoms with Crippen molar-refractivity contribution in [2.45, 2.75) is 38.2 Å². The summed E-state index contributed by atoms with van der Waals surface area (Å²) < 4.78 is 0. The second-order valence-corrected chi connectivity index (χ2v) is 6.12. The number of hydrogen-bond acceptors (Lipinski definition) is 1. The third-order valence-corrected chi connectivity index (χ3v) is 4.72. The maximum atomic E-state index is 10.5. The Labute approximate surface area is 125 Å². The Morgan fingerprint density at radius 3 is 2.50 bits per heavy atom. The molecule has 1 aliphatic carbocycles. The van der Waals surface area contributed by atoms with E-state index in [1.54, 1.807) is 0 Å². The van der Waals surface area contributed by atoms with E-state index in [-0.39, 0.29) is 0 Å². The Morgan fingerprint density at radius 2 is 1.85 bits per heavy atom. The van der Waals surface area contributed by atoms with Crippen LogP contribution in [0.4, 0.5) is 0 Å². The average molecular weight is 287 g/mol. The molecule has 0 aliphatic heterocycles. The van der Waals surface area contributed by atoms with Gasteiger partial charge in [-0.3, -0.25) is 0 Å². The lowest BCUT2D eigenvalue weighted by molar-refractivity contribution is 0.220. The number of benzene rings is 2. The summed E-state index contributed by atoms with van der Waals surface area (Å²) in [7, 11) is 0. The number of hydrogen-bond donors (Lipinski definition) is 1. The molecule has 0 bridgehead atoms. The predicted molar refractivity (Wildman–Crippen MR) is 83.3 cm³/mol. The molecule has 0 heterocycles. The number of halogens is 1. The summed E-state index contributed by atoms with van der Waals surface area (Å²) in [4.78, 5) is 0. The molecular weight excluding hydrogens is 268 g/mol. The fraction of sp³-hybridized carbons (Fsp3) is 0.333. The first kappa shape index (κ1) is 13.7. The molecule has 1 nitrogen and oxygen atoms in total. The van der Waals surface area contributed by atoms with Gasteiger partial charge in [0.15, 0.2) is 0 Å². The van der Waals surface area contributed by atoms with Crippen LogP contribution < -0.4 is 0 Å². The summed E-state index contributed by atoms with van der Waals surface area (Å²) in [5, 5.41) is 11.3. The Kier molecular flexibility index (Phi) is 3.82. The highest BCUT2D eigenvalue weighted by Crippen LogP contribution is 2.37. The zero-order valence-corrected chi connectivity index (χ0v) is 12.4. The molecule has 104 valence electrons. The lowest BCUT2D eigenvalue weighted by atomic mass is 9.79. The number of aryl methyl sites for hydroxylation is 1. The molecule has 2 aromatic carbocycles. The topological polar surface area (TPSA) is 20.2 Å². The summed E-state index contributed by atoms with van der Waals surface area (Å²) >= 11 is 6.15. The van der Waals surface area contributed by atoms with Crippen molar-refractivity contribution in [2.75, 3.05) is 0 Å². The molecule has 0 radical (unpaired) electrons. The SMILES string of the molecule is Cc1ccc(C(O)c2cccc(C3CCC3)c2)cc1Cl. The first-order valence-corrected chi connectivity index (χ1v) is 7.57. The number of rotatable bonds is 3. The van der Waals surface area contributed by atoms with E-state index in [4.69, 9.17) is 11.6 Å². The molecule has 0 saturated heterocycles. The first-order valence-electron chi connectivity index (χ1n) is 7.19. The monoisotopic (exact) mass is 286 g/mol. The second kappa shape index (κ2) is 5.59. The van der Waals surface area contributed by atoms with Crippen LogP contribution in [-0.4, -0.2) is 5.11 Å². The Balaban J connectivity index is 1.89. The minimum atomic E-state index is -0.604. The highest BCUT2D eigenvalue weighted by atomic mass is 35.5. The maximum absolute atomic E-state index is 10.5. The molecular formula is C18H19ClO. The van der Waals surface area contributed by atoms with Crippen LogP contribution in [0.1, 0.15) is 53.5 Å². The van der Waals surface area contributed by atoms with Gasteiger partial charge in [-0.15, -0.1) is 0 Å². The van der Waals surface area contributed by atoms with Crippen molar-refractivity contribution in [2.24, 2.45) is 0 Å². The number of aliphatic hydroxyl groups excluding tert-OH is 1. The fourth-order valence-electron chi connectivity index (χ4n) is 2.70. The van der Waals surface area contributed by atoms with Crippen molar-refractivity contribution in [3.8, 4) is 0 Å². The van der Waals surface area contributed by atoms with Crippen molar-refractivity contribution in [1.29, 1.82) is 0 Å². The molecule has 1 atom stereocenters. The summed E-state index contributed by atoms with van der Waals surface area (Å²) in [5.41, 5.74) is 4.19. The second-order valence-electron chi connectivity index (χ2n) is 5.71. The van der Waals surface area contributed by atoms with Crippen molar-refractivity contribution in [1.82, 2.24) is 0 Å². The lowest BCUT2D eigenvalue weighted by Gasteiger charge is -2.26. The van der Waals surface area contributed by atoms with Crippen LogP contribution in [0.5, 0.6) is 0 Å². The van der Waals surface area contributed by atoms with Crippen molar-refractivity contribution < 1.29 is 5.11 Å². The third kappa shape index (κ3) is 2.61. The van der Waals surface area contributed by atoms with E-state index in [1.807, 2.05) is 37.3 Å². The van der Waals surface area contributed by atoms with Gasteiger partial charge in [0, 0.05) is 5.02 Å². The molecule has 1 N–H and O–H groups in total. The van der Waals surface area contributed by atoms with Crippen molar-refractivity contribution in [3.63, 3.8) is 0 Å². The Bertz CT molecular complexity index is 617. The van der Waals surface area contributed by atoms with Crippen molar-refractivity contribution >= 4 is 11.6 Å². The Hall–Kier alpha value is -1.31. The molecule has 2 heteroatoms. The predicted octanol–water partition coefficient (Wildman–Crippen LogP) is 5.00. The van der Waals surface area contributed by atoms with Gasteiger partial charge >= 0.3 is 0 Å². The van der Waals surface area contributed by atoms with Crippen LogP contribution in [0.2, 0.25) is 5.02 Å². The van der Waals surface area contributed by atoms with Crippen LogP contribution in [0.3, 0.4) is 0 Å². The first-order chi connectivity index (χ1) is 9.65. The van der Waals surface area contributed by atoms with Crippen LogP contribution in [0.25, 0.3) is 0 Å². The van der Waals surface area contributed by atoms with E-state index in [0.717, 1.165) is 16.7 Å². The quantitative estimate of drug-likeness (QED) is 0.842. The van der Waals surface area contributed by atoms with Gasteiger partial charge in [0.25, 0.3) is 0 Å². The van der Waals surface area contributed by atoms with E-state index in [0.29, 0.717) is 10.9 Å². The van der Waals surface area contributed by atoms with Crippen LogP contribution in [-0.2, 0) is 0 Å². The zero-order chi connectivity index (χ0) is 14.1. The van der Waals surface area contributed by atoms with Gasteiger partial charge in [0.05, 0.1) is 0 Å².